The van der Waals surface area contributed by atoms with E-state index in [2.05, 4.69) is 24.1 Å². The molecule has 33 heavy (non-hydrogen) atoms. The molecule has 3 saturated heterocycles. The second-order valence-corrected chi connectivity index (χ2v) is 8.77. The largest absolute Gasteiger partial charge is 0.466 e. The van der Waals surface area contributed by atoms with Gasteiger partial charge in [-0.1, -0.05) is 0 Å². The van der Waals surface area contributed by atoms with Crippen LogP contribution in [0.1, 0.15) is 33.6 Å². The third-order valence-corrected chi connectivity index (χ3v) is 7.21. The zero-order chi connectivity index (χ0) is 23.8. The Kier molecular flexibility index (Phi) is 6.63. The summed E-state index contributed by atoms with van der Waals surface area (Å²) in [5.41, 5.74) is 0.589. The smallest absolute Gasteiger partial charge is 0.312 e. The summed E-state index contributed by atoms with van der Waals surface area (Å²) in [5.74, 6) is -2.66. The molecule has 2 N–H and O–H groups in total. The molecule has 3 fully saturated rings. The zero-order valence-corrected chi connectivity index (χ0v) is 19.5. The van der Waals surface area contributed by atoms with Gasteiger partial charge in [0.2, 0.25) is 11.8 Å². The van der Waals surface area contributed by atoms with Crippen molar-refractivity contribution in [3.05, 3.63) is 24.3 Å². The van der Waals surface area contributed by atoms with Gasteiger partial charge in [0.05, 0.1) is 31.2 Å². The summed E-state index contributed by atoms with van der Waals surface area (Å²) in [6, 6.07) is 6.64. The Morgan fingerprint density at radius 2 is 1.94 bits per heavy atom. The molecule has 5 atom stereocenters. The van der Waals surface area contributed by atoms with Crippen LogP contribution in [0.2, 0.25) is 0 Å². The van der Waals surface area contributed by atoms with Gasteiger partial charge in [0, 0.05) is 31.0 Å². The van der Waals surface area contributed by atoms with E-state index in [4.69, 9.17) is 9.47 Å². The predicted molar refractivity (Wildman–Crippen MR) is 122 cm³/mol. The van der Waals surface area contributed by atoms with Gasteiger partial charge in [-0.3, -0.25) is 14.4 Å². The Morgan fingerprint density at radius 3 is 2.55 bits per heavy atom. The van der Waals surface area contributed by atoms with Crippen LogP contribution in [0.5, 0.6) is 0 Å². The van der Waals surface area contributed by atoms with E-state index >= 15 is 0 Å². The molecule has 9 nitrogen and oxygen atoms in total. The van der Waals surface area contributed by atoms with Crippen molar-refractivity contribution in [2.75, 3.05) is 43.1 Å². The van der Waals surface area contributed by atoms with Gasteiger partial charge in [-0.25, -0.2) is 0 Å². The number of nitrogens with one attached hydrogen (secondary N) is 1. The molecule has 1 spiro atoms. The highest BCUT2D eigenvalue weighted by Crippen LogP contribution is 2.58. The highest BCUT2D eigenvalue weighted by Gasteiger charge is 2.74. The van der Waals surface area contributed by atoms with E-state index in [-0.39, 0.29) is 31.6 Å². The van der Waals surface area contributed by atoms with E-state index in [1.807, 2.05) is 24.3 Å². The molecule has 0 aliphatic carbocycles. The molecule has 4 rings (SSSR count). The van der Waals surface area contributed by atoms with Crippen molar-refractivity contribution in [3.63, 3.8) is 0 Å². The van der Waals surface area contributed by atoms with Crippen LogP contribution in [0.4, 0.5) is 11.4 Å². The molecule has 3 heterocycles. The van der Waals surface area contributed by atoms with Crippen molar-refractivity contribution in [1.29, 1.82) is 0 Å². The SMILES string of the molecule is CCOC(=O)[C@@H]1[C@H]2C(=O)N(CCO)C(C(=O)Nc3ccc(N(CC)CC)cc3)C23CC[C@H]1O3. The highest BCUT2D eigenvalue weighted by atomic mass is 16.6. The van der Waals surface area contributed by atoms with Crippen molar-refractivity contribution >= 4 is 29.2 Å². The number of nitrogens with zero attached hydrogens (tertiary/aromatic N) is 2. The Morgan fingerprint density at radius 1 is 1.24 bits per heavy atom. The van der Waals surface area contributed by atoms with Gasteiger partial charge in [0.15, 0.2) is 0 Å². The molecule has 3 aliphatic rings. The quantitative estimate of drug-likeness (QED) is 0.538. The summed E-state index contributed by atoms with van der Waals surface area (Å²) in [5, 5.41) is 12.5. The van der Waals surface area contributed by atoms with Crippen molar-refractivity contribution in [3.8, 4) is 0 Å². The number of benzene rings is 1. The number of esters is 1. The van der Waals surface area contributed by atoms with Gasteiger partial charge in [-0.15, -0.1) is 0 Å². The summed E-state index contributed by atoms with van der Waals surface area (Å²) in [6.07, 6.45) is 0.658. The highest BCUT2D eigenvalue weighted by molar-refractivity contribution is 6.03. The van der Waals surface area contributed by atoms with Gasteiger partial charge >= 0.3 is 5.97 Å². The molecule has 1 aromatic carbocycles. The van der Waals surface area contributed by atoms with Crippen LogP contribution in [0.25, 0.3) is 0 Å². The van der Waals surface area contributed by atoms with E-state index in [0.717, 1.165) is 18.8 Å². The van der Waals surface area contributed by atoms with Crippen LogP contribution >= 0.6 is 0 Å². The topological polar surface area (TPSA) is 108 Å². The number of aliphatic hydroxyl groups excluding tert-OH is 1. The molecule has 0 aromatic heterocycles. The number of β-amino-alcohol motifs (C(OH)–C–C–N with tert-alkyl or cyclic N) is 1. The van der Waals surface area contributed by atoms with E-state index in [1.165, 1.54) is 4.90 Å². The van der Waals surface area contributed by atoms with E-state index < -0.39 is 35.6 Å². The van der Waals surface area contributed by atoms with Gasteiger partial charge in [0.1, 0.15) is 11.6 Å². The number of carbonyl (C=O) groups is 3. The standard InChI is InChI=1S/C24H33N3O6/c1-4-26(5-2)16-9-7-15(8-10-16)25-21(29)20-24-12-11-17(33-24)18(23(31)32-6-3)19(24)22(30)27(20)13-14-28/h7-10,17-20,28H,4-6,11-14H2,1-3H3,(H,25,29)/t17-,18+,19+,20?,24?/m1/s1. The van der Waals surface area contributed by atoms with Crippen molar-refractivity contribution in [2.24, 2.45) is 11.8 Å². The molecule has 0 saturated carbocycles. The van der Waals surface area contributed by atoms with E-state index in [9.17, 15) is 19.5 Å². The first-order chi connectivity index (χ1) is 15.9. The number of ether oxygens (including phenoxy) is 2. The minimum Gasteiger partial charge on any atom is -0.466 e. The summed E-state index contributed by atoms with van der Waals surface area (Å²) >= 11 is 0. The summed E-state index contributed by atoms with van der Waals surface area (Å²) in [6.45, 7) is 7.58. The van der Waals surface area contributed by atoms with Crippen molar-refractivity contribution in [1.82, 2.24) is 4.90 Å². The zero-order valence-electron chi connectivity index (χ0n) is 19.5. The molecule has 180 valence electrons. The Balaban J connectivity index is 1.60. The first-order valence-electron chi connectivity index (χ1n) is 11.8. The van der Waals surface area contributed by atoms with Gasteiger partial charge in [-0.05, 0) is 57.9 Å². The van der Waals surface area contributed by atoms with E-state index in [1.54, 1.807) is 6.92 Å². The minimum absolute atomic E-state index is 0.000357. The second-order valence-electron chi connectivity index (χ2n) is 8.77. The van der Waals surface area contributed by atoms with Gasteiger partial charge < -0.3 is 29.7 Å². The number of hydrogen-bond acceptors (Lipinski definition) is 7. The van der Waals surface area contributed by atoms with Crippen LogP contribution in [0.15, 0.2) is 24.3 Å². The first-order valence-corrected chi connectivity index (χ1v) is 11.8. The number of amides is 2. The lowest BCUT2D eigenvalue weighted by atomic mass is 9.71. The maximum Gasteiger partial charge on any atom is 0.312 e. The van der Waals surface area contributed by atoms with Gasteiger partial charge in [-0.2, -0.15) is 0 Å². The molecule has 0 radical (unpaired) electrons. The van der Waals surface area contributed by atoms with Crippen LogP contribution in [-0.4, -0.2) is 78.4 Å². The monoisotopic (exact) mass is 459 g/mol. The maximum absolute atomic E-state index is 13.5. The average Bonchev–Trinajstić information content (AvgIpc) is 3.44. The molecule has 3 aliphatic heterocycles. The van der Waals surface area contributed by atoms with Crippen molar-refractivity contribution in [2.45, 2.75) is 51.4 Å². The summed E-state index contributed by atoms with van der Waals surface area (Å²) < 4.78 is 11.5. The molecular formula is C24H33N3O6. The third kappa shape index (κ3) is 3.77. The van der Waals surface area contributed by atoms with Crippen LogP contribution < -0.4 is 10.2 Å². The lowest BCUT2D eigenvalue weighted by Crippen LogP contribution is -2.53. The molecule has 2 unspecified atom stereocenters. The van der Waals surface area contributed by atoms with Crippen molar-refractivity contribution < 1.29 is 29.0 Å². The van der Waals surface area contributed by atoms with Crippen LogP contribution in [-0.2, 0) is 23.9 Å². The lowest BCUT2D eigenvalue weighted by Gasteiger charge is -2.33. The second kappa shape index (κ2) is 9.30. The average molecular weight is 460 g/mol. The molecular weight excluding hydrogens is 426 g/mol. The number of rotatable bonds is 9. The number of aliphatic hydroxyl groups is 1. The Labute approximate surface area is 194 Å². The van der Waals surface area contributed by atoms with Crippen LogP contribution in [0, 0.1) is 11.8 Å². The Hall–Kier alpha value is -2.65. The normalized spacial score (nSPS) is 29.8. The lowest BCUT2D eigenvalue weighted by molar-refractivity contribution is -0.154. The molecule has 1 aromatic rings. The molecule has 9 heteroatoms. The van der Waals surface area contributed by atoms with E-state index in [0.29, 0.717) is 18.5 Å². The molecule has 2 bridgehead atoms. The van der Waals surface area contributed by atoms with Crippen LogP contribution in [0.3, 0.4) is 0 Å². The fraction of sp³-hybridized carbons (Fsp3) is 0.625. The van der Waals surface area contributed by atoms with Gasteiger partial charge in [0.25, 0.3) is 0 Å². The third-order valence-electron chi connectivity index (χ3n) is 7.21. The number of fused-ring (bicyclic) bond motifs is 1. The number of likely N-dealkylation sites (tertiary alicyclic amines) is 1. The number of anilines is 2. The molecule has 2 amide bonds. The number of carbonyl (C=O) groups excluding carboxylic acids is 3. The fourth-order valence-electron chi connectivity index (χ4n) is 5.86. The first kappa shape index (κ1) is 23.5. The Bertz CT molecular complexity index is 902. The summed E-state index contributed by atoms with van der Waals surface area (Å²) in [4.78, 5) is 43.1. The summed E-state index contributed by atoms with van der Waals surface area (Å²) in [7, 11) is 0. The predicted octanol–water partition coefficient (Wildman–Crippen LogP) is 1.40. The number of hydrogen-bond donors (Lipinski definition) is 2. The minimum atomic E-state index is -1.08. The fourth-order valence-corrected chi connectivity index (χ4v) is 5.86. The maximum atomic E-state index is 13.5.